The van der Waals surface area contributed by atoms with Gasteiger partial charge in [0.25, 0.3) is 0 Å². The van der Waals surface area contributed by atoms with Gasteiger partial charge in [0, 0.05) is 30.8 Å². The predicted molar refractivity (Wildman–Crippen MR) is 108 cm³/mol. The summed E-state index contributed by atoms with van der Waals surface area (Å²) < 4.78 is 38.7. The van der Waals surface area contributed by atoms with Crippen LogP contribution in [0.25, 0.3) is 11.1 Å². The number of hydrogen-bond acceptors (Lipinski definition) is 4. The minimum Gasteiger partial charge on any atom is -0.372 e. The third kappa shape index (κ3) is 4.49. The summed E-state index contributed by atoms with van der Waals surface area (Å²) >= 11 is 0. The lowest BCUT2D eigenvalue weighted by atomic mass is 9.94. The Bertz CT molecular complexity index is 1150. The molecule has 0 unspecified atom stereocenters. The maximum absolute atomic E-state index is 12.9. The number of benzene rings is 2. The Hall–Kier alpha value is -3.66. The van der Waals surface area contributed by atoms with Crippen molar-refractivity contribution in [3.05, 3.63) is 82.5 Å². The standard InChI is InChI=1S/C23H18F3N3O/c1-14-6-7-16(11-20(14)18-10-17(12-27)22(28-2)29-13-18)21(30)9-15-4-3-5-19(8-15)23(24,25)26/h3-8,10-11,13H,9H2,1-2H3,(H,28,29). The number of halogens is 3. The summed E-state index contributed by atoms with van der Waals surface area (Å²) in [5, 5.41) is 12.2. The normalized spacial score (nSPS) is 11.1. The molecule has 7 heteroatoms. The molecule has 0 amide bonds. The summed E-state index contributed by atoms with van der Waals surface area (Å²) in [7, 11) is 1.67. The molecule has 0 spiro atoms. The monoisotopic (exact) mass is 409 g/mol. The molecule has 0 radical (unpaired) electrons. The molecule has 0 aliphatic carbocycles. The molecule has 1 heterocycles. The van der Waals surface area contributed by atoms with E-state index in [9.17, 15) is 23.2 Å². The Morgan fingerprint density at radius 1 is 1.17 bits per heavy atom. The molecule has 1 aromatic heterocycles. The smallest absolute Gasteiger partial charge is 0.372 e. The van der Waals surface area contributed by atoms with Gasteiger partial charge in [0.05, 0.1) is 11.1 Å². The largest absolute Gasteiger partial charge is 0.416 e. The number of alkyl halides is 3. The Morgan fingerprint density at radius 2 is 1.93 bits per heavy atom. The number of nitrogens with zero attached hydrogens (tertiary/aromatic N) is 2. The van der Waals surface area contributed by atoms with Crippen molar-refractivity contribution in [2.45, 2.75) is 19.5 Å². The number of aromatic nitrogens is 1. The van der Waals surface area contributed by atoms with Gasteiger partial charge in [-0.1, -0.05) is 30.3 Å². The molecule has 152 valence electrons. The first-order chi connectivity index (χ1) is 14.2. The Labute approximate surface area is 172 Å². The van der Waals surface area contributed by atoms with Gasteiger partial charge in [-0.2, -0.15) is 18.4 Å². The molecule has 1 N–H and O–H groups in total. The van der Waals surface area contributed by atoms with Crippen molar-refractivity contribution < 1.29 is 18.0 Å². The zero-order valence-corrected chi connectivity index (χ0v) is 16.3. The Kier molecular flexibility index (Phi) is 5.88. The fourth-order valence-corrected chi connectivity index (χ4v) is 3.15. The summed E-state index contributed by atoms with van der Waals surface area (Å²) in [6.07, 6.45) is -3.00. The van der Waals surface area contributed by atoms with Crippen LogP contribution in [-0.2, 0) is 12.6 Å². The van der Waals surface area contributed by atoms with Crippen molar-refractivity contribution >= 4 is 11.6 Å². The average Bonchev–Trinajstić information content (AvgIpc) is 2.73. The number of Topliss-reactive ketones (excluding diaryl/α,β-unsaturated/α-hetero) is 1. The molecule has 4 nitrogen and oxygen atoms in total. The first kappa shape index (κ1) is 21.1. The van der Waals surface area contributed by atoms with Crippen LogP contribution in [-0.4, -0.2) is 17.8 Å². The molecule has 0 fully saturated rings. The van der Waals surface area contributed by atoms with Gasteiger partial charge in [-0.15, -0.1) is 0 Å². The van der Waals surface area contributed by atoms with E-state index in [1.54, 1.807) is 37.5 Å². The molecule has 0 aliphatic heterocycles. The number of ketones is 1. The molecule has 2 aromatic carbocycles. The maximum Gasteiger partial charge on any atom is 0.416 e. The third-order valence-electron chi connectivity index (χ3n) is 4.73. The van der Waals surface area contributed by atoms with Gasteiger partial charge < -0.3 is 5.32 Å². The minimum atomic E-state index is -4.46. The Balaban J connectivity index is 1.92. The molecule has 3 rings (SSSR count). The van der Waals surface area contributed by atoms with Crippen LogP contribution in [0.5, 0.6) is 0 Å². The lowest BCUT2D eigenvalue weighted by Crippen LogP contribution is -2.08. The van der Waals surface area contributed by atoms with Gasteiger partial charge in [0.2, 0.25) is 0 Å². The molecular formula is C23H18F3N3O. The van der Waals surface area contributed by atoms with Crippen molar-refractivity contribution in [3.8, 4) is 17.2 Å². The van der Waals surface area contributed by atoms with Crippen LogP contribution in [0.3, 0.4) is 0 Å². The molecule has 0 atom stereocenters. The number of pyridine rings is 1. The lowest BCUT2D eigenvalue weighted by molar-refractivity contribution is -0.137. The van der Waals surface area contributed by atoms with Crippen LogP contribution in [0.2, 0.25) is 0 Å². The molecule has 0 bridgehead atoms. The second-order valence-corrected chi connectivity index (χ2v) is 6.81. The van der Waals surface area contributed by atoms with E-state index in [1.165, 1.54) is 12.1 Å². The van der Waals surface area contributed by atoms with E-state index in [4.69, 9.17) is 0 Å². The quantitative estimate of drug-likeness (QED) is 0.572. The number of carbonyl (C=O) groups is 1. The number of anilines is 1. The molecule has 0 saturated carbocycles. The summed E-state index contributed by atoms with van der Waals surface area (Å²) in [5.41, 5.74) is 2.56. The number of hydrogen-bond donors (Lipinski definition) is 1. The molecule has 0 saturated heterocycles. The van der Waals surface area contributed by atoms with E-state index >= 15 is 0 Å². The van der Waals surface area contributed by atoms with Gasteiger partial charge in [-0.25, -0.2) is 4.98 Å². The van der Waals surface area contributed by atoms with Crippen LogP contribution >= 0.6 is 0 Å². The first-order valence-corrected chi connectivity index (χ1v) is 9.11. The van der Waals surface area contributed by atoms with Gasteiger partial charge in [0.1, 0.15) is 11.9 Å². The lowest BCUT2D eigenvalue weighted by Gasteiger charge is -2.11. The van der Waals surface area contributed by atoms with Crippen molar-refractivity contribution in [2.75, 3.05) is 12.4 Å². The van der Waals surface area contributed by atoms with E-state index in [2.05, 4.69) is 16.4 Å². The van der Waals surface area contributed by atoms with Gasteiger partial charge in [-0.05, 0) is 41.8 Å². The number of nitrogens with one attached hydrogen (secondary N) is 1. The van der Waals surface area contributed by atoms with Crippen LogP contribution in [0.15, 0.2) is 54.7 Å². The highest BCUT2D eigenvalue weighted by Crippen LogP contribution is 2.30. The minimum absolute atomic E-state index is 0.146. The second kappa shape index (κ2) is 8.37. The summed E-state index contributed by atoms with van der Waals surface area (Å²) in [5.74, 6) is 0.159. The third-order valence-corrected chi connectivity index (χ3v) is 4.73. The van der Waals surface area contributed by atoms with Crippen LogP contribution in [0.1, 0.15) is 32.6 Å². The van der Waals surface area contributed by atoms with Crippen LogP contribution in [0, 0.1) is 18.3 Å². The second-order valence-electron chi connectivity index (χ2n) is 6.81. The van der Waals surface area contributed by atoms with Gasteiger partial charge in [0.15, 0.2) is 5.78 Å². The highest BCUT2D eigenvalue weighted by molar-refractivity contribution is 5.98. The first-order valence-electron chi connectivity index (χ1n) is 9.11. The summed E-state index contributed by atoms with van der Waals surface area (Å²) in [6.45, 7) is 1.87. The van der Waals surface area contributed by atoms with E-state index in [0.717, 1.165) is 23.3 Å². The van der Waals surface area contributed by atoms with E-state index in [0.29, 0.717) is 28.1 Å². The Morgan fingerprint density at radius 3 is 2.60 bits per heavy atom. The molecule has 3 aromatic rings. The summed E-state index contributed by atoms with van der Waals surface area (Å²) in [6, 6.07) is 13.6. The van der Waals surface area contributed by atoms with Crippen LogP contribution in [0.4, 0.5) is 19.0 Å². The van der Waals surface area contributed by atoms with Gasteiger partial charge in [-0.3, -0.25) is 4.79 Å². The topological polar surface area (TPSA) is 65.8 Å². The fourth-order valence-electron chi connectivity index (χ4n) is 3.15. The predicted octanol–water partition coefficient (Wildman–Crippen LogP) is 5.41. The van der Waals surface area contributed by atoms with Crippen molar-refractivity contribution in [3.63, 3.8) is 0 Å². The maximum atomic E-state index is 12.9. The highest BCUT2D eigenvalue weighted by Gasteiger charge is 2.30. The number of carbonyl (C=O) groups excluding carboxylic acids is 1. The zero-order chi connectivity index (χ0) is 21.9. The van der Waals surface area contributed by atoms with E-state index in [-0.39, 0.29) is 12.2 Å². The van der Waals surface area contributed by atoms with Crippen LogP contribution < -0.4 is 5.32 Å². The zero-order valence-electron chi connectivity index (χ0n) is 16.3. The van der Waals surface area contributed by atoms with E-state index < -0.39 is 11.7 Å². The highest BCUT2D eigenvalue weighted by atomic mass is 19.4. The summed E-state index contributed by atoms with van der Waals surface area (Å²) in [4.78, 5) is 17.0. The van der Waals surface area contributed by atoms with E-state index in [1.807, 2.05) is 6.92 Å². The molecule has 30 heavy (non-hydrogen) atoms. The number of rotatable bonds is 5. The van der Waals surface area contributed by atoms with Crippen molar-refractivity contribution in [1.82, 2.24) is 4.98 Å². The fraction of sp³-hybridized carbons (Fsp3) is 0.174. The molecular weight excluding hydrogens is 391 g/mol. The van der Waals surface area contributed by atoms with Gasteiger partial charge >= 0.3 is 6.18 Å². The SMILES string of the molecule is CNc1ncc(-c2cc(C(=O)Cc3cccc(C(F)(F)F)c3)ccc2C)cc1C#N. The molecule has 0 aliphatic rings. The number of aryl methyl sites for hydroxylation is 1. The van der Waals surface area contributed by atoms with Crippen molar-refractivity contribution in [1.29, 1.82) is 5.26 Å². The number of nitriles is 1. The average molecular weight is 409 g/mol. The van der Waals surface area contributed by atoms with Crippen molar-refractivity contribution in [2.24, 2.45) is 0 Å².